The number of anilines is 1. The molecule has 4 nitrogen and oxygen atoms in total. The van der Waals surface area contributed by atoms with Gasteiger partial charge >= 0.3 is 0 Å². The molecule has 0 saturated heterocycles. The van der Waals surface area contributed by atoms with Crippen LogP contribution in [0.2, 0.25) is 5.02 Å². The van der Waals surface area contributed by atoms with Gasteiger partial charge in [-0.2, -0.15) is 0 Å². The van der Waals surface area contributed by atoms with E-state index in [0.29, 0.717) is 5.13 Å². The van der Waals surface area contributed by atoms with Crippen LogP contribution < -0.4 is 5.32 Å². The van der Waals surface area contributed by atoms with Gasteiger partial charge in [0, 0.05) is 22.2 Å². The standard InChI is InChI=1S/C13H13ClFN3OS/c1-18(2)11(10-8(14)4-3-5-9(10)15)12(19)17-13-16-6-7-20-13/h3-7,11H,1-2H3,(H,16,17,19)/t11-/m0/s1. The van der Waals surface area contributed by atoms with Crippen molar-refractivity contribution in [3.63, 3.8) is 0 Å². The van der Waals surface area contributed by atoms with Gasteiger partial charge < -0.3 is 5.32 Å². The molecule has 0 bridgehead atoms. The molecule has 0 saturated carbocycles. The lowest BCUT2D eigenvalue weighted by atomic mass is 10.0. The first-order valence-corrected chi connectivity index (χ1v) is 7.07. The molecule has 20 heavy (non-hydrogen) atoms. The molecule has 0 fully saturated rings. The quantitative estimate of drug-likeness (QED) is 0.943. The van der Waals surface area contributed by atoms with Gasteiger partial charge in [0.25, 0.3) is 0 Å². The predicted molar refractivity (Wildman–Crippen MR) is 78.6 cm³/mol. The van der Waals surface area contributed by atoms with E-state index < -0.39 is 11.9 Å². The smallest absolute Gasteiger partial charge is 0.248 e. The Bertz CT molecular complexity index is 583. The Morgan fingerprint density at radius 2 is 2.25 bits per heavy atom. The molecule has 1 amide bonds. The monoisotopic (exact) mass is 313 g/mol. The van der Waals surface area contributed by atoms with Crippen molar-refractivity contribution in [2.75, 3.05) is 19.4 Å². The Labute approximate surface area is 125 Å². The van der Waals surface area contributed by atoms with Crippen LogP contribution in [-0.2, 0) is 4.79 Å². The van der Waals surface area contributed by atoms with Crippen LogP contribution in [0.5, 0.6) is 0 Å². The fraction of sp³-hybridized carbons (Fsp3) is 0.231. The number of carbonyl (C=O) groups is 1. The molecule has 0 aliphatic heterocycles. The van der Waals surface area contributed by atoms with Gasteiger partial charge in [-0.3, -0.25) is 9.69 Å². The molecule has 1 aromatic heterocycles. The van der Waals surface area contributed by atoms with Crippen molar-refractivity contribution in [2.45, 2.75) is 6.04 Å². The molecule has 0 spiro atoms. The Balaban J connectivity index is 2.34. The Hall–Kier alpha value is -1.50. The maximum Gasteiger partial charge on any atom is 0.248 e. The molecule has 2 rings (SSSR count). The number of hydrogen-bond donors (Lipinski definition) is 1. The average molecular weight is 314 g/mol. The highest BCUT2D eigenvalue weighted by molar-refractivity contribution is 7.13. The van der Waals surface area contributed by atoms with E-state index in [4.69, 9.17) is 11.6 Å². The maximum absolute atomic E-state index is 14.0. The third-order valence-corrected chi connectivity index (χ3v) is 3.72. The minimum absolute atomic E-state index is 0.160. The van der Waals surface area contributed by atoms with Crippen LogP contribution in [0.4, 0.5) is 9.52 Å². The number of thiazole rings is 1. The van der Waals surface area contributed by atoms with Gasteiger partial charge in [0.2, 0.25) is 5.91 Å². The zero-order valence-corrected chi connectivity index (χ0v) is 12.5. The van der Waals surface area contributed by atoms with E-state index in [1.165, 1.54) is 23.5 Å². The van der Waals surface area contributed by atoms with Crippen LogP contribution in [0, 0.1) is 5.82 Å². The number of nitrogens with one attached hydrogen (secondary N) is 1. The summed E-state index contributed by atoms with van der Waals surface area (Å²) in [5.74, 6) is -0.887. The third kappa shape index (κ3) is 3.15. The fourth-order valence-corrected chi connectivity index (χ4v) is 2.65. The van der Waals surface area contributed by atoms with Crippen LogP contribution in [0.15, 0.2) is 29.8 Å². The first-order valence-electron chi connectivity index (χ1n) is 5.81. The van der Waals surface area contributed by atoms with E-state index in [2.05, 4.69) is 10.3 Å². The summed E-state index contributed by atoms with van der Waals surface area (Å²) in [6.07, 6.45) is 1.58. The summed E-state index contributed by atoms with van der Waals surface area (Å²) >= 11 is 7.33. The molecule has 1 atom stereocenters. The highest BCUT2D eigenvalue weighted by Crippen LogP contribution is 2.30. The number of amides is 1. The Morgan fingerprint density at radius 1 is 1.50 bits per heavy atom. The molecule has 0 aliphatic rings. The summed E-state index contributed by atoms with van der Waals surface area (Å²) in [6, 6.07) is 3.53. The van der Waals surface area contributed by atoms with Crippen molar-refractivity contribution in [2.24, 2.45) is 0 Å². The molecule has 0 radical (unpaired) electrons. The largest absolute Gasteiger partial charge is 0.300 e. The van der Waals surface area contributed by atoms with Gasteiger partial charge in [0.05, 0.1) is 0 Å². The van der Waals surface area contributed by atoms with Crippen molar-refractivity contribution in [1.82, 2.24) is 9.88 Å². The van der Waals surface area contributed by atoms with Crippen LogP contribution in [-0.4, -0.2) is 29.9 Å². The van der Waals surface area contributed by atoms with Gasteiger partial charge in [0.15, 0.2) is 5.13 Å². The van der Waals surface area contributed by atoms with Gasteiger partial charge in [-0.25, -0.2) is 9.37 Å². The predicted octanol–water partition coefficient (Wildman–Crippen LogP) is 3.18. The lowest BCUT2D eigenvalue weighted by Gasteiger charge is -2.24. The summed E-state index contributed by atoms with van der Waals surface area (Å²) in [5.41, 5.74) is 0.160. The fourth-order valence-electron chi connectivity index (χ4n) is 1.85. The highest BCUT2D eigenvalue weighted by atomic mass is 35.5. The van der Waals surface area contributed by atoms with Gasteiger partial charge in [-0.15, -0.1) is 11.3 Å². The topological polar surface area (TPSA) is 45.2 Å². The number of likely N-dealkylation sites (N-methyl/N-ethyl adjacent to an activating group) is 1. The zero-order chi connectivity index (χ0) is 14.7. The summed E-state index contributed by atoms with van der Waals surface area (Å²) in [7, 11) is 3.38. The maximum atomic E-state index is 14.0. The molecule has 1 heterocycles. The summed E-state index contributed by atoms with van der Waals surface area (Å²) in [4.78, 5) is 17.9. The molecule has 2 aromatic rings. The van der Waals surface area contributed by atoms with Crippen molar-refractivity contribution < 1.29 is 9.18 Å². The van der Waals surface area contributed by atoms with Crippen LogP contribution in [0.25, 0.3) is 0 Å². The molecule has 1 N–H and O–H groups in total. The summed E-state index contributed by atoms with van der Waals surface area (Å²) < 4.78 is 14.0. The Morgan fingerprint density at radius 3 is 2.80 bits per heavy atom. The molecule has 1 aromatic carbocycles. The van der Waals surface area contributed by atoms with Crippen molar-refractivity contribution in [1.29, 1.82) is 0 Å². The van der Waals surface area contributed by atoms with Gasteiger partial charge in [0.1, 0.15) is 11.9 Å². The second-order valence-electron chi connectivity index (χ2n) is 4.33. The summed E-state index contributed by atoms with van der Waals surface area (Å²) in [6.45, 7) is 0. The van der Waals surface area contributed by atoms with Crippen LogP contribution >= 0.6 is 22.9 Å². The SMILES string of the molecule is CN(C)[C@H](C(=O)Nc1nccs1)c1c(F)cccc1Cl. The van der Waals surface area contributed by atoms with E-state index in [9.17, 15) is 9.18 Å². The van der Waals surface area contributed by atoms with E-state index >= 15 is 0 Å². The third-order valence-electron chi connectivity index (χ3n) is 2.70. The summed E-state index contributed by atoms with van der Waals surface area (Å²) in [5, 5.41) is 5.09. The second-order valence-corrected chi connectivity index (χ2v) is 5.63. The molecular weight excluding hydrogens is 301 g/mol. The van der Waals surface area contributed by atoms with E-state index in [0.717, 1.165) is 0 Å². The van der Waals surface area contributed by atoms with E-state index in [1.54, 1.807) is 36.6 Å². The number of carbonyl (C=O) groups excluding carboxylic acids is 1. The highest BCUT2D eigenvalue weighted by Gasteiger charge is 2.28. The van der Waals surface area contributed by atoms with Crippen molar-refractivity contribution >= 4 is 34.0 Å². The second kappa shape index (κ2) is 6.30. The number of rotatable bonds is 4. The van der Waals surface area contributed by atoms with Gasteiger partial charge in [-0.05, 0) is 26.2 Å². The number of halogens is 2. The average Bonchev–Trinajstić information content (AvgIpc) is 2.86. The first kappa shape index (κ1) is 14.9. The number of benzene rings is 1. The number of aromatic nitrogens is 1. The van der Waals surface area contributed by atoms with Gasteiger partial charge in [-0.1, -0.05) is 17.7 Å². The lowest BCUT2D eigenvalue weighted by molar-refractivity contribution is -0.120. The van der Waals surface area contributed by atoms with Crippen molar-refractivity contribution in [3.05, 3.63) is 46.2 Å². The number of nitrogens with zero attached hydrogens (tertiary/aromatic N) is 2. The molecule has 0 unspecified atom stereocenters. The molecule has 0 aliphatic carbocycles. The Kier molecular flexibility index (Phi) is 4.69. The molecule has 106 valence electrons. The van der Waals surface area contributed by atoms with E-state index in [-0.39, 0.29) is 16.5 Å². The zero-order valence-electron chi connectivity index (χ0n) is 10.9. The number of hydrogen-bond acceptors (Lipinski definition) is 4. The minimum Gasteiger partial charge on any atom is -0.300 e. The first-order chi connectivity index (χ1) is 9.50. The lowest BCUT2D eigenvalue weighted by Crippen LogP contribution is -2.33. The van der Waals surface area contributed by atoms with E-state index in [1.807, 2.05) is 0 Å². The molecular formula is C13H13ClFN3OS. The normalized spacial score (nSPS) is 12.4. The minimum atomic E-state index is -0.826. The van der Waals surface area contributed by atoms with Crippen LogP contribution in [0.3, 0.4) is 0 Å². The van der Waals surface area contributed by atoms with Crippen molar-refractivity contribution in [3.8, 4) is 0 Å². The van der Waals surface area contributed by atoms with Crippen LogP contribution in [0.1, 0.15) is 11.6 Å². The molecule has 7 heteroatoms.